The Morgan fingerprint density at radius 2 is 2.06 bits per heavy atom. The van der Waals surface area contributed by atoms with E-state index in [4.69, 9.17) is 0 Å². The van der Waals surface area contributed by atoms with Gasteiger partial charge in [-0.2, -0.15) is 5.10 Å². The third-order valence-electron chi connectivity index (χ3n) is 3.30. The predicted molar refractivity (Wildman–Crippen MR) is 69.9 cm³/mol. The molecule has 2 rings (SSSR count). The van der Waals surface area contributed by atoms with Gasteiger partial charge in [-0.3, -0.25) is 9.59 Å². The van der Waals surface area contributed by atoms with E-state index in [1.165, 1.54) is 11.1 Å². The fourth-order valence-electron chi connectivity index (χ4n) is 2.15. The Kier molecular flexibility index (Phi) is 4.12. The molecule has 0 aliphatic carbocycles. The number of aromatic nitrogens is 2. The molecule has 0 N–H and O–H groups in total. The second-order valence-electron chi connectivity index (χ2n) is 4.65. The van der Waals surface area contributed by atoms with E-state index in [2.05, 4.69) is 10.00 Å². The number of piperidine rings is 1. The number of rotatable bonds is 4. The molecule has 0 amide bonds. The highest BCUT2D eigenvalue weighted by Gasteiger charge is 2.12. The normalized spacial score (nSPS) is 15.7. The quantitative estimate of drug-likeness (QED) is 0.805. The first kappa shape index (κ1) is 12.8. The maximum atomic E-state index is 11.9. The van der Waals surface area contributed by atoms with E-state index in [9.17, 15) is 9.59 Å². The second-order valence-corrected chi connectivity index (χ2v) is 4.65. The Morgan fingerprint density at radius 1 is 1.33 bits per heavy atom. The monoisotopic (exact) mass is 249 g/mol. The van der Waals surface area contributed by atoms with Gasteiger partial charge in [0.15, 0.2) is 5.78 Å². The third-order valence-corrected chi connectivity index (χ3v) is 3.30. The summed E-state index contributed by atoms with van der Waals surface area (Å²) >= 11 is 0. The van der Waals surface area contributed by atoms with Crippen molar-refractivity contribution < 1.29 is 4.79 Å². The Morgan fingerprint density at radius 3 is 2.67 bits per heavy atom. The van der Waals surface area contributed by atoms with E-state index in [1.807, 2.05) is 0 Å². The molecule has 1 aliphatic rings. The molecule has 0 bridgehead atoms. The molecule has 1 aromatic rings. The fourth-order valence-corrected chi connectivity index (χ4v) is 2.15. The van der Waals surface area contributed by atoms with Crippen LogP contribution < -0.4 is 10.5 Å². The second kappa shape index (κ2) is 5.80. The predicted octanol–water partition coefficient (Wildman–Crippen LogP) is 1.21. The van der Waals surface area contributed by atoms with Crippen molar-refractivity contribution in [1.29, 1.82) is 0 Å². The van der Waals surface area contributed by atoms with E-state index in [1.54, 1.807) is 19.2 Å². The van der Waals surface area contributed by atoms with Crippen LogP contribution in [0.25, 0.3) is 0 Å². The molecule has 0 radical (unpaired) electrons. The van der Waals surface area contributed by atoms with Crippen molar-refractivity contribution in [1.82, 2.24) is 9.78 Å². The highest BCUT2D eigenvalue weighted by atomic mass is 16.1. The summed E-state index contributed by atoms with van der Waals surface area (Å²) < 4.78 is 1.24. The van der Waals surface area contributed by atoms with E-state index in [0.717, 1.165) is 31.6 Å². The molecular formula is C13H19N3O2. The molecule has 18 heavy (non-hydrogen) atoms. The van der Waals surface area contributed by atoms with Crippen LogP contribution in [-0.4, -0.2) is 28.7 Å². The SMILES string of the molecule is CCC(=O)Cn1ncc(N2CCCCC2)cc1=O. The maximum Gasteiger partial charge on any atom is 0.269 e. The average Bonchev–Trinajstić information content (AvgIpc) is 2.42. The Labute approximate surface area is 106 Å². The van der Waals surface area contributed by atoms with Crippen molar-refractivity contribution in [2.45, 2.75) is 39.2 Å². The number of carbonyl (C=O) groups is 1. The van der Waals surface area contributed by atoms with Crippen LogP contribution >= 0.6 is 0 Å². The Hall–Kier alpha value is -1.65. The van der Waals surface area contributed by atoms with Gasteiger partial charge in [0.25, 0.3) is 5.56 Å². The summed E-state index contributed by atoms with van der Waals surface area (Å²) in [4.78, 5) is 25.3. The third kappa shape index (κ3) is 2.97. The molecule has 0 aromatic carbocycles. The number of Topliss-reactive ketones (excluding diaryl/α,β-unsaturated/α-hetero) is 1. The summed E-state index contributed by atoms with van der Waals surface area (Å²) in [5.74, 6) is 0.0234. The Balaban J connectivity index is 2.13. The zero-order chi connectivity index (χ0) is 13.0. The molecule has 0 spiro atoms. The molecule has 1 aromatic heterocycles. The highest BCUT2D eigenvalue weighted by molar-refractivity contribution is 5.77. The smallest absolute Gasteiger partial charge is 0.269 e. The molecule has 0 unspecified atom stereocenters. The van der Waals surface area contributed by atoms with Gasteiger partial charge in [-0.05, 0) is 19.3 Å². The molecule has 1 fully saturated rings. The minimum Gasteiger partial charge on any atom is -0.370 e. The minimum atomic E-state index is -0.195. The van der Waals surface area contributed by atoms with Crippen LogP contribution in [0.5, 0.6) is 0 Å². The lowest BCUT2D eigenvalue weighted by molar-refractivity contribution is -0.119. The van der Waals surface area contributed by atoms with Crippen molar-refractivity contribution in [2.24, 2.45) is 0 Å². The van der Waals surface area contributed by atoms with Crippen molar-refractivity contribution in [2.75, 3.05) is 18.0 Å². The zero-order valence-electron chi connectivity index (χ0n) is 10.8. The average molecular weight is 249 g/mol. The van der Waals surface area contributed by atoms with Gasteiger partial charge < -0.3 is 4.90 Å². The van der Waals surface area contributed by atoms with Crippen LogP contribution in [0, 0.1) is 0 Å². The first-order valence-electron chi connectivity index (χ1n) is 6.54. The standard InChI is InChI=1S/C13H19N3O2/c1-2-12(17)10-16-13(18)8-11(9-14-16)15-6-4-3-5-7-15/h8-9H,2-7,10H2,1H3. The topological polar surface area (TPSA) is 55.2 Å². The lowest BCUT2D eigenvalue weighted by atomic mass is 10.1. The first-order valence-corrected chi connectivity index (χ1v) is 6.54. The largest absolute Gasteiger partial charge is 0.370 e. The Bertz CT molecular complexity index is 475. The first-order chi connectivity index (χ1) is 8.70. The van der Waals surface area contributed by atoms with E-state index < -0.39 is 0 Å². The van der Waals surface area contributed by atoms with Gasteiger partial charge in [0, 0.05) is 25.6 Å². The number of carbonyl (C=O) groups excluding carboxylic acids is 1. The summed E-state index contributed by atoms with van der Waals surface area (Å²) in [7, 11) is 0. The molecular weight excluding hydrogens is 230 g/mol. The van der Waals surface area contributed by atoms with Crippen LogP contribution in [0.3, 0.4) is 0 Å². The van der Waals surface area contributed by atoms with E-state index in [-0.39, 0.29) is 17.9 Å². The summed E-state index contributed by atoms with van der Waals surface area (Å²) in [6, 6.07) is 1.58. The van der Waals surface area contributed by atoms with Crippen LogP contribution in [0.1, 0.15) is 32.6 Å². The number of anilines is 1. The summed E-state index contributed by atoms with van der Waals surface area (Å²) in [5, 5.41) is 4.08. The van der Waals surface area contributed by atoms with Gasteiger partial charge in [0.05, 0.1) is 11.9 Å². The zero-order valence-corrected chi connectivity index (χ0v) is 10.8. The summed E-state index contributed by atoms with van der Waals surface area (Å²) in [6.07, 6.45) is 5.71. The van der Waals surface area contributed by atoms with Gasteiger partial charge in [-0.1, -0.05) is 6.92 Å². The summed E-state index contributed by atoms with van der Waals surface area (Å²) in [5.41, 5.74) is 0.680. The summed E-state index contributed by atoms with van der Waals surface area (Å²) in [6.45, 7) is 3.84. The van der Waals surface area contributed by atoms with Crippen molar-refractivity contribution in [3.8, 4) is 0 Å². The number of hydrogen-bond donors (Lipinski definition) is 0. The molecule has 5 nitrogen and oxygen atoms in total. The van der Waals surface area contributed by atoms with Crippen molar-refractivity contribution in [3.05, 3.63) is 22.6 Å². The van der Waals surface area contributed by atoms with Crippen LogP contribution in [0.15, 0.2) is 17.1 Å². The molecule has 1 saturated heterocycles. The van der Waals surface area contributed by atoms with Crippen molar-refractivity contribution in [3.63, 3.8) is 0 Å². The van der Waals surface area contributed by atoms with Gasteiger partial charge in [0.2, 0.25) is 0 Å². The molecule has 98 valence electrons. The lowest BCUT2D eigenvalue weighted by Crippen LogP contribution is -2.32. The number of nitrogens with zero attached hydrogens (tertiary/aromatic N) is 3. The van der Waals surface area contributed by atoms with Gasteiger partial charge >= 0.3 is 0 Å². The molecule has 5 heteroatoms. The van der Waals surface area contributed by atoms with Crippen LogP contribution in [0.4, 0.5) is 5.69 Å². The van der Waals surface area contributed by atoms with Crippen molar-refractivity contribution >= 4 is 11.5 Å². The van der Waals surface area contributed by atoms with E-state index in [0.29, 0.717) is 6.42 Å². The molecule has 1 aliphatic heterocycles. The molecule has 2 heterocycles. The lowest BCUT2D eigenvalue weighted by Gasteiger charge is -2.28. The maximum absolute atomic E-state index is 11.9. The number of hydrogen-bond acceptors (Lipinski definition) is 4. The van der Waals surface area contributed by atoms with Gasteiger partial charge in [-0.25, -0.2) is 4.68 Å². The number of ketones is 1. The van der Waals surface area contributed by atoms with Crippen LogP contribution in [-0.2, 0) is 11.3 Å². The fraction of sp³-hybridized carbons (Fsp3) is 0.615. The highest BCUT2D eigenvalue weighted by Crippen LogP contribution is 2.16. The molecule has 0 atom stereocenters. The molecule has 0 saturated carbocycles. The van der Waals surface area contributed by atoms with Gasteiger partial charge in [0.1, 0.15) is 6.54 Å². The van der Waals surface area contributed by atoms with Crippen LogP contribution in [0.2, 0.25) is 0 Å². The van der Waals surface area contributed by atoms with E-state index >= 15 is 0 Å². The van der Waals surface area contributed by atoms with Gasteiger partial charge in [-0.15, -0.1) is 0 Å². The minimum absolute atomic E-state index is 0.0234.